The molecule has 0 saturated heterocycles. The van der Waals surface area contributed by atoms with Gasteiger partial charge < -0.3 is 10.5 Å². The van der Waals surface area contributed by atoms with Crippen molar-refractivity contribution in [1.29, 1.82) is 0 Å². The molecule has 0 amide bonds. The third-order valence-corrected chi connectivity index (χ3v) is 6.25. The van der Waals surface area contributed by atoms with E-state index in [1.807, 2.05) is 18.5 Å². The first-order chi connectivity index (χ1) is 10.6. The summed E-state index contributed by atoms with van der Waals surface area (Å²) in [4.78, 5) is 1.21. The summed E-state index contributed by atoms with van der Waals surface area (Å²) in [5, 5.41) is 5.89. The van der Waals surface area contributed by atoms with Crippen molar-refractivity contribution < 1.29 is 4.74 Å². The van der Waals surface area contributed by atoms with Gasteiger partial charge in [0.1, 0.15) is 6.73 Å². The van der Waals surface area contributed by atoms with Crippen LogP contribution in [0.15, 0.2) is 23.1 Å². The fourth-order valence-electron chi connectivity index (χ4n) is 2.47. The molecule has 0 fully saturated rings. The fraction of sp³-hybridized carbons (Fsp3) is 0.588. The lowest BCUT2D eigenvalue weighted by Gasteiger charge is -2.16. The van der Waals surface area contributed by atoms with Crippen LogP contribution < -0.4 is 5.73 Å². The monoisotopic (exact) mass is 351 g/mol. The lowest BCUT2D eigenvalue weighted by atomic mass is 9.99. The predicted octanol–water partition coefficient (Wildman–Crippen LogP) is 4.26. The van der Waals surface area contributed by atoms with E-state index in [2.05, 4.69) is 44.1 Å². The molecule has 1 aromatic heterocycles. The minimum absolute atomic E-state index is 0.473. The number of hydrogen-bond donors (Lipinski definition) is 1. The predicted molar refractivity (Wildman–Crippen MR) is 103 cm³/mol. The number of benzene rings is 1. The van der Waals surface area contributed by atoms with Crippen LogP contribution in [0.25, 0.3) is 10.9 Å². The van der Waals surface area contributed by atoms with Gasteiger partial charge in [0, 0.05) is 25.0 Å². The Balaban J connectivity index is 2.32. The van der Waals surface area contributed by atoms with Gasteiger partial charge >= 0.3 is 0 Å². The lowest BCUT2D eigenvalue weighted by molar-refractivity contribution is 0.0808. The van der Waals surface area contributed by atoms with Gasteiger partial charge in [-0.2, -0.15) is 5.10 Å². The molecule has 2 rings (SSSR count). The highest BCUT2D eigenvalue weighted by Crippen LogP contribution is 2.32. The van der Waals surface area contributed by atoms with Gasteiger partial charge in [-0.05, 0) is 32.2 Å². The minimum Gasteiger partial charge on any atom is -0.360 e. The van der Waals surface area contributed by atoms with Crippen molar-refractivity contribution in [3.8, 4) is 0 Å². The maximum atomic E-state index is 6.32. The minimum atomic E-state index is -1.07. The highest BCUT2D eigenvalue weighted by Gasteiger charge is 2.24. The molecular formula is C17H29N3OSSi. The van der Waals surface area contributed by atoms with Crippen LogP contribution in [0.1, 0.15) is 19.5 Å². The van der Waals surface area contributed by atoms with Gasteiger partial charge in [0.15, 0.2) is 0 Å². The van der Waals surface area contributed by atoms with Gasteiger partial charge in [-0.3, -0.25) is 0 Å². The Morgan fingerprint density at radius 1 is 1.30 bits per heavy atom. The Morgan fingerprint density at radius 3 is 2.57 bits per heavy atom. The number of nitrogens with zero attached hydrogens (tertiary/aromatic N) is 2. The van der Waals surface area contributed by atoms with E-state index in [0.29, 0.717) is 6.73 Å². The molecule has 2 N–H and O–H groups in total. The summed E-state index contributed by atoms with van der Waals surface area (Å²) in [5.74, 6) is 0. The maximum Gasteiger partial charge on any atom is 0.140 e. The van der Waals surface area contributed by atoms with Crippen LogP contribution in [0.2, 0.25) is 25.7 Å². The average molecular weight is 352 g/mol. The van der Waals surface area contributed by atoms with E-state index in [4.69, 9.17) is 15.6 Å². The van der Waals surface area contributed by atoms with Crippen molar-refractivity contribution in [2.45, 2.75) is 56.7 Å². The molecule has 0 unspecified atom stereocenters. The summed E-state index contributed by atoms with van der Waals surface area (Å²) in [6, 6.07) is 7.46. The Hall–Kier alpha value is -0.823. The van der Waals surface area contributed by atoms with Crippen molar-refractivity contribution in [2.24, 2.45) is 5.73 Å². The number of fused-ring (bicyclic) bond motifs is 1. The van der Waals surface area contributed by atoms with Gasteiger partial charge in [-0.15, -0.1) is 11.8 Å². The van der Waals surface area contributed by atoms with Gasteiger partial charge in [-0.1, -0.05) is 31.8 Å². The van der Waals surface area contributed by atoms with Crippen molar-refractivity contribution in [1.82, 2.24) is 9.78 Å². The van der Waals surface area contributed by atoms with Crippen LogP contribution in [-0.4, -0.2) is 30.7 Å². The zero-order valence-electron chi connectivity index (χ0n) is 15.1. The third kappa shape index (κ3) is 4.59. The van der Waals surface area contributed by atoms with Crippen LogP contribution in [0, 0.1) is 0 Å². The van der Waals surface area contributed by atoms with E-state index in [0.717, 1.165) is 29.2 Å². The summed E-state index contributed by atoms with van der Waals surface area (Å²) in [6.07, 6.45) is 2.09. The highest BCUT2D eigenvalue weighted by molar-refractivity contribution is 7.98. The van der Waals surface area contributed by atoms with Crippen LogP contribution in [-0.2, 0) is 17.0 Å². The summed E-state index contributed by atoms with van der Waals surface area (Å²) in [6.45, 7) is 12.4. The molecule has 23 heavy (non-hydrogen) atoms. The molecule has 0 spiro atoms. The number of hydrogen-bond acceptors (Lipinski definition) is 4. The quantitative estimate of drug-likeness (QED) is 0.460. The molecule has 128 valence electrons. The smallest absolute Gasteiger partial charge is 0.140 e. The second-order valence-corrected chi connectivity index (χ2v) is 14.2. The van der Waals surface area contributed by atoms with E-state index in [9.17, 15) is 0 Å². The summed E-state index contributed by atoms with van der Waals surface area (Å²) in [5.41, 5.74) is 7.90. The van der Waals surface area contributed by atoms with Gasteiger partial charge in [0.25, 0.3) is 0 Å². The Labute approximate surface area is 144 Å². The van der Waals surface area contributed by atoms with E-state index in [1.54, 1.807) is 11.8 Å². The molecule has 0 saturated carbocycles. The molecule has 1 aromatic carbocycles. The number of thioether (sulfide) groups is 1. The van der Waals surface area contributed by atoms with Crippen LogP contribution >= 0.6 is 11.8 Å². The van der Waals surface area contributed by atoms with Gasteiger partial charge in [-0.25, -0.2) is 4.68 Å². The highest BCUT2D eigenvalue weighted by atomic mass is 32.2. The largest absolute Gasteiger partial charge is 0.360 e. The molecule has 6 heteroatoms. The van der Waals surface area contributed by atoms with Crippen molar-refractivity contribution >= 4 is 30.7 Å². The molecule has 0 bridgehead atoms. The molecule has 0 atom stereocenters. The van der Waals surface area contributed by atoms with E-state index >= 15 is 0 Å². The lowest BCUT2D eigenvalue weighted by Crippen LogP contribution is -2.29. The first-order valence-corrected chi connectivity index (χ1v) is 13.0. The molecular weight excluding hydrogens is 322 g/mol. The summed E-state index contributed by atoms with van der Waals surface area (Å²) in [7, 11) is -1.07. The van der Waals surface area contributed by atoms with E-state index in [1.165, 1.54) is 4.90 Å². The number of para-hydroxylation sites is 1. The molecule has 0 aliphatic carbocycles. The first kappa shape index (κ1) is 18.5. The van der Waals surface area contributed by atoms with Crippen molar-refractivity contribution in [3.05, 3.63) is 23.9 Å². The maximum absolute atomic E-state index is 6.32. The van der Waals surface area contributed by atoms with Gasteiger partial charge in [0.2, 0.25) is 0 Å². The number of ether oxygens (including phenoxy) is 1. The molecule has 0 radical (unpaired) electrons. The SMILES string of the molecule is CSc1cccc2c(C(C)(C)N)nn(COCC[Si](C)(C)C)c12. The Morgan fingerprint density at radius 2 is 2.00 bits per heavy atom. The van der Waals surface area contributed by atoms with E-state index in [-0.39, 0.29) is 0 Å². The van der Waals surface area contributed by atoms with Crippen molar-refractivity contribution in [3.63, 3.8) is 0 Å². The summed E-state index contributed by atoms with van der Waals surface area (Å²) >= 11 is 1.73. The molecule has 2 aromatic rings. The molecule has 4 nitrogen and oxygen atoms in total. The second kappa shape index (κ2) is 6.97. The molecule has 1 heterocycles. The zero-order chi connectivity index (χ0) is 17.3. The number of nitrogens with two attached hydrogens (primary N) is 1. The number of aromatic nitrogens is 2. The molecule has 0 aliphatic heterocycles. The van der Waals surface area contributed by atoms with Crippen LogP contribution in [0.3, 0.4) is 0 Å². The fourth-order valence-corrected chi connectivity index (χ4v) is 3.85. The summed E-state index contributed by atoms with van der Waals surface area (Å²) < 4.78 is 7.88. The first-order valence-electron chi connectivity index (χ1n) is 8.04. The standard InChI is InChI=1S/C17H29N3OSSi/c1-17(2,18)16-13-8-7-9-14(22-3)15(13)20(19-16)12-21-10-11-23(4,5)6/h7-9H,10-12,18H2,1-6H3. The zero-order valence-corrected chi connectivity index (χ0v) is 17.0. The van der Waals surface area contributed by atoms with Gasteiger partial charge in [0.05, 0.1) is 16.7 Å². The topological polar surface area (TPSA) is 53.1 Å². The average Bonchev–Trinajstić information content (AvgIpc) is 2.81. The van der Waals surface area contributed by atoms with E-state index < -0.39 is 13.6 Å². The van der Waals surface area contributed by atoms with Crippen LogP contribution in [0.5, 0.6) is 0 Å². The normalized spacial score (nSPS) is 13.0. The Bertz CT molecular complexity index is 671. The van der Waals surface area contributed by atoms with Crippen LogP contribution in [0.4, 0.5) is 0 Å². The molecule has 0 aliphatic rings. The third-order valence-electron chi connectivity index (χ3n) is 3.77. The second-order valence-electron chi connectivity index (χ2n) is 7.77. The number of rotatable bonds is 7. The van der Waals surface area contributed by atoms with Crippen molar-refractivity contribution in [2.75, 3.05) is 12.9 Å². The Kier molecular flexibility index (Phi) is 5.61.